The van der Waals surface area contributed by atoms with E-state index in [4.69, 9.17) is 4.74 Å². The summed E-state index contributed by atoms with van der Waals surface area (Å²) in [6.07, 6.45) is -3.83. The fourth-order valence-electron chi connectivity index (χ4n) is 5.22. The number of carbonyl (C=O) groups is 1. The van der Waals surface area contributed by atoms with Crippen LogP contribution in [0.3, 0.4) is 0 Å². The van der Waals surface area contributed by atoms with Gasteiger partial charge in [0, 0.05) is 44.2 Å². The second-order valence-corrected chi connectivity index (χ2v) is 9.92. The quantitative estimate of drug-likeness (QED) is 0.382. The van der Waals surface area contributed by atoms with E-state index in [0.717, 1.165) is 0 Å². The van der Waals surface area contributed by atoms with Crippen molar-refractivity contribution in [2.24, 2.45) is 5.92 Å². The molecule has 2 amide bonds. The van der Waals surface area contributed by atoms with Gasteiger partial charge in [-0.1, -0.05) is 0 Å². The average Bonchev–Trinajstić information content (AvgIpc) is 3.52. The Balaban J connectivity index is 1.46. The minimum Gasteiger partial charge on any atom is -0.378 e. The van der Waals surface area contributed by atoms with E-state index in [1.165, 1.54) is 23.2 Å². The molecule has 0 radical (unpaired) electrons. The van der Waals surface area contributed by atoms with Crippen LogP contribution < -0.4 is 10.2 Å². The number of benzene rings is 2. The number of anilines is 2. The van der Waals surface area contributed by atoms with Crippen molar-refractivity contribution in [2.45, 2.75) is 32.5 Å². The summed E-state index contributed by atoms with van der Waals surface area (Å²) in [5, 5.41) is 7.04. The molecule has 1 atom stereocenters. The van der Waals surface area contributed by atoms with Gasteiger partial charge in [0.1, 0.15) is 11.3 Å². The number of likely N-dealkylation sites (tertiary alicyclic amines) is 1. The van der Waals surface area contributed by atoms with Gasteiger partial charge in [-0.25, -0.2) is 13.9 Å². The van der Waals surface area contributed by atoms with Crippen molar-refractivity contribution in [2.75, 3.05) is 49.6 Å². The van der Waals surface area contributed by atoms with Crippen LogP contribution in [-0.4, -0.2) is 66.3 Å². The molecule has 2 aliphatic heterocycles. The van der Waals surface area contributed by atoms with Gasteiger partial charge in [-0.2, -0.15) is 27.1 Å². The van der Waals surface area contributed by atoms with E-state index in [1.807, 2.05) is 4.90 Å². The molecular weight excluding hydrogens is 528 g/mol. The monoisotopic (exact) mass is 555 g/mol. The first-order valence-electron chi connectivity index (χ1n) is 12.6. The molecule has 13 heteroatoms. The molecule has 0 bridgehead atoms. The lowest BCUT2D eigenvalue weighted by Gasteiger charge is -2.29. The SMILES string of the molecule is Cc1cc(F)c(NC(=O)N2CC[C@@H](CC(F)(F)F)C2)cc1-c1cc(N2CCOCC2)c2nn(C(F)F)cc2c1. The van der Waals surface area contributed by atoms with Crippen molar-refractivity contribution in [3.05, 3.63) is 41.8 Å². The highest BCUT2D eigenvalue weighted by Crippen LogP contribution is 2.37. The topological polar surface area (TPSA) is 62.6 Å². The normalized spacial score (nSPS) is 18.4. The summed E-state index contributed by atoms with van der Waals surface area (Å²) in [6, 6.07) is 5.50. The number of amides is 2. The third-order valence-electron chi connectivity index (χ3n) is 7.12. The van der Waals surface area contributed by atoms with E-state index in [2.05, 4.69) is 10.4 Å². The predicted octanol–water partition coefficient (Wildman–Crippen LogP) is 6.19. The lowest BCUT2D eigenvalue weighted by atomic mass is 9.97. The van der Waals surface area contributed by atoms with E-state index in [0.29, 0.717) is 64.3 Å². The van der Waals surface area contributed by atoms with E-state index in [1.54, 1.807) is 19.1 Å². The lowest BCUT2D eigenvalue weighted by molar-refractivity contribution is -0.143. The van der Waals surface area contributed by atoms with Crippen molar-refractivity contribution < 1.29 is 35.9 Å². The number of morpholine rings is 1. The highest BCUT2D eigenvalue weighted by Gasteiger charge is 2.36. The van der Waals surface area contributed by atoms with Crippen LogP contribution in [0.5, 0.6) is 0 Å². The molecule has 210 valence electrons. The van der Waals surface area contributed by atoms with E-state index >= 15 is 0 Å². The summed E-state index contributed by atoms with van der Waals surface area (Å²) in [6.45, 7) is 0.937. The number of urea groups is 1. The van der Waals surface area contributed by atoms with Crippen molar-refractivity contribution in [1.82, 2.24) is 14.7 Å². The van der Waals surface area contributed by atoms with Crippen molar-refractivity contribution in [3.8, 4) is 11.1 Å². The number of alkyl halides is 5. The van der Waals surface area contributed by atoms with Gasteiger partial charge in [0.15, 0.2) is 0 Å². The molecule has 5 rings (SSSR count). The van der Waals surface area contributed by atoms with Crippen LogP contribution in [0.25, 0.3) is 22.0 Å². The third-order valence-corrected chi connectivity index (χ3v) is 7.12. The largest absolute Gasteiger partial charge is 0.389 e. The number of fused-ring (bicyclic) bond motifs is 1. The Morgan fingerprint density at radius 2 is 1.90 bits per heavy atom. The minimum atomic E-state index is -4.32. The molecule has 2 saturated heterocycles. The number of carbonyl (C=O) groups excluding carboxylic acids is 1. The third kappa shape index (κ3) is 5.92. The van der Waals surface area contributed by atoms with Crippen LogP contribution in [0.4, 0.5) is 42.5 Å². The fraction of sp³-hybridized carbons (Fsp3) is 0.462. The molecular formula is C26H27F6N5O2. The number of hydrogen-bond acceptors (Lipinski definition) is 4. The zero-order chi connectivity index (χ0) is 27.9. The number of nitrogens with zero attached hydrogens (tertiary/aromatic N) is 4. The van der Waals surface area contributed by atoms with Gasteiger partial charge < -0.3 is 19.9 Å². The first-order valence-corrected chi connectivity index (χ1v) is 12.6. The van der Waals surface area contributed by atoms with Crippen molar-refractivity contribution in [1.29, 1.82) is 0 Å². The van der Waals surface area contributed by atoms with Gasteiger partial charge in [-0.15, -0.1) is 0 Å². The van der Waals surface area contributed by atoms with Gasteiger partial charge in [0.05, 0.1) is 24.6 Å². The number of aryl methyl sites for hydroxylation is 1. The number of aromatic nitrogens is 2. The number of rotatable bonds is 5. The zero-order valence-corrected chi connectivity index (χ0v) is 21.1. The molecule has 2 aliphatic rings. The van der Waals surface area contributed by atoms with Gasteiger partial charge in [0.2, 0.25) is 0 Å². The Morgan fingerprint density at radius 3 is 2.59 bits per heavy atom. The molecule has 1 N–H and O–H groups in total. The zero-order valence-electron chi connectivity index (χ0n) is 21.1. The van der Waals surface area contributed by atoms with E-state index in [9.17, 15) is 31.1 Å². The van der Waals surface area contributed by atoms with Crippen molar-refractivity contribution in [3.63, 3.8) is 0 Å². The Bertz CT molecular complexity index is 1370. The number of halogens is 6. The van der Waals surface area contributed by atoms with Gasteiger partial charge in [0.25, 0.3) is 0 Å². The standard InChI is InChI=1S/C26H27F6N5O2/c1-15-8-20(27)21(33-25(38)36-3-2-16(13-36)12-26(30,31)32)11-19(15)17-9-18-14-37(24(28)29)34-23(18)22(10-17)35-4-6-39-7-5-35/h8-11,14,16,24H,2-7,12-13H2,1H3,(H,33,38)/t16-/m0/s1. The molecule has 1 aromatic heterocycles. The maximum absolute atomic E-state index is 14.9. The predicted molar refractivity (Wildman–Crippen MR) is 134 cm³/mol. The molecule has 0 spiro atoms. The summed E-state index contributed by atoms with van der Waals surface area (Å²) in [5.41, 5.74) is 2.62. The van der Waals surface area contributed by atoms with Crippen LogP contribution in [0.2, 0.25) is 0 Å². The average molecular weight is 556 g/mol. The molecule has 3 heterocycles. The summed E-state index contributed by atoms with van der Waals surface area (Å²) in [7, 11) is 0. The Morgan fingerprint density at radius 1 is 1.15 bits per heavy atom. The maximum Gasteiger partial charge on any atom is 0.389 e. The smallest absolute Gasteiger partial charge is 0.378 e. The van der Waals surface area contributed by atoms with Crippen LogP contribution in [0, 0.1) is 18.7 Å². The molecule has 7 nitrogen and oxygen atoms in total. The number of hydrogen-bond donors (Lipinski definition) is 1. The summed E-state index contributed by atoms with van der Waals surface area (Å²) in [4.78, 5) is 16.0. The molecule has 0 aliphatic carbocycles. The number of nitrogens with one attached hydrogen (secondary N) is 1. The molecule has 0 unspecified atom stereocenters. The highest BCUT2D eigenvalue weighted by atomic mass is 19.4. The molecule has 2 aromatic carbocycles. The van der Waals surface area contributed by atoms with Crippen LogP contribution >= 0.6 is 0 Å². The summed E-state index contributed by atoms with van der Waals surface area (Å²) >= 11 is 0. The fourth-order valence-corrected chi connectivity index (χ4v) is 5.22. The molecule has 3 aromatic rings. The van der Waals surface area contributed by atoms with Crippen LogP contribution in [-0.2, 0) is 4.74 Å². The molecule has 39 heavy (non-hydrogen) atoms. The molecule has 0 saturated carbocycles. The first-order chi connectivity index (χ1) is 18.5. The minimum absolute atomic E-state index is 0.0701. The van der Waals surface area contributed by atoms with E-state index < -0.39 is 36.9 Å². The van der Waals surface area contributed by atoms with Crippen molar-refractivity contribution >= 4 is 28.3 Å². The number of ether oxygens (including phenoxy) is 1. The Hall–Kier alpha value is -3.48. The molecule has 2 fully saturated rings. The van der Waals surface area contributed by atoms with Gasteiger partial charge >= 0.3 is 18.8 Å². The lowest BCUT2D eigenvalue weighted by Crippen LogP contribution is -2.36. The second kappa shape index (κ2) is 10.6. The Kier molecular flexibility index (Phi) is 7.36. The summed E-state index contributed by atoms with van der Waals surface area (Å²) in [5.74, 6) is -1.40. The first kappa shape index (κ1) is 27.1. The second-order valence-electron chi connectivity index (χ2n) is 9.92. The van der Waals surface area contributed by atoms with Gasteiger partial charge in [-0.05, 0) is 60.2 Å². The summed E-state index contributed by atoms with van der Waals surface area (Å²) < 4.78 is 86.0. The highest BCUT2D eigenvalue weighted by molar-refractivity contribution is 5.96. The maximum atomic E-state index is 14.9. The van der Waals surface area contributed by atoms with Crippen LogP contribution in [0.1, 0.15) is 25.0 Å². The van der Waals surface area contributed by atoms with E-state index in [-0.39, 0.29) is 25.2 Å². The van der Waals surface area contributed by atoms with Crippen LogP contribution in [0.15, 0.2) is 30.5 Å². The Labute approximate surface area is 220 Å². The van der Waals surface area contributed by atoms with Gasteiger partial charge in [-0.3, -0.25) is 0 Å².